The van der Waals surface area contributed by atoms with Crippen molar-refractivity contribution in [3.63, 3.8) is 0 Å². The monoisotopic (exact) mass is 303 g/mol. The Morgan fingerprint density at radius 1 is 1.32 bits per heavy atom. The van der Waals surface area contributed by atoms with Crippen molar-refractivity contribution >= 4 is 18.0 Å². The van der Waals surface area contributed by atoms with Crippen LogP contribution in [0.15, 0.2) is 24.3 Å². The van der Waals surface area contributed by atoms with E-state index in [4.69, 9.17) is 14.6 Å². The fraction of sp³-hybridized carbons (Fsp3) is 0.375. The molecule has 0 saturated carbocycles. The molecule has 22 heavy (non-hydrogen) atoms. The van der Waals surface area contributed by atoms with Gasteiger partial charge in [-0.3, -0.25) is 4.79 Å². The minimum absolute atomic E-state index is 0.0328. The highest BCUT2D eigenvalue weighted by Crippen LogP contribution is 2.26. The molecule has 1 unspecified atom stereocenters. The summed E-state index contributed by atoms with van der Waals surface area (Å²) in [7, 11) is 0. The Labute approximate surface area is 127 Å². The van der Waals surface area contributed by atoms with Gasteiger partial charge in [0.1, 0.15) is 5.75 Å². The third kappa shape index (κ3) is 2.96. The molecular formula is C16H17NO5. The number of ether oxygens (including phenoxy) is 2. The van der Waals surface area contributed by atoms with Crippen LogP contribution in [0.2, 0.25) is 0 Å². The van der Waals surface area contributed by atoms with Gasteiger partial charge in [-0.05, 0) is 29.3 Å². The predicted molar refractivity (Wildman–Crippen MR) is 78.6 cm³/mol. The van der Waals surface area contributed by atoms with Crippen molar-refractivity contribution in [1.29, 1.82) is 0 Å². The normalized spacial score (nSPS) is 20.7. The fourth-order valence-electron chi connectivity index (χ4n) is 2.65. The molecular weight excluding hydrogens is 286 g/mol. The molecule has 2 aliphatic heterocycles. The standard InChI is InChI=1S/C16H17NO5/c18-15(17-6-8-21-10-13(17)16(19)20)4-2-11-1-3-14-12(9-11)5-7-22-14/h1-4,9,13H,5-8,10H2,(H,19,20)/b4-2+. The second kappa shape index (κ2) is 6.19. The fourth-order valence-corrected chi connectivity index (χ4v) is 2.65. The highest BCUT2D eigenvalue weighted by atomic mass is 16.5. The van der Waals surface area contributed by atoms with E-state index in [9.17, 15) is 9.59 Å². The number of rotatable bonds is 3. The first-order chi connectivity index (χ1) is 10.6. The molecule has 1 amide bonds. The summed E-state index contributed by atoms with van der Waals surface area (Å²) in [6.45, 7) is 1.37. The summed E-state index contributed by atoms with van der Waals surface area (Å²) in [6.07, 6.45) is 3.99. The van der Waals surface area contributed by atoms with Gasteiger partial charge in [0, 0.05) is 19.0 Å². The lowest BCUT2D eigenvalue weighted by molar-refractivity contribution is -0.156. The van der Waals surface area contributed by atoms with Crippen molar-refractivity contribution in [3.05, 3.63) is 35.4 Å². The van der Waals surface area contributed by atoms with Crippen LogP contribution in [0.1, 0.15) is 11.1 Å². The van der Waals surface area contributed by atoms with Crippen molar-refractivity contribution in [3.8, 4) is 5.75 Å². The number of fused-ring (bicyclic) bond motifs is 1. The average molecular weight is 303 g/mol. The molecule has 1 saturated heterocycles. The summed E-state index contributed by atoms with van der Waals surface area (Å²) in [6, 6.07) is 4.84. The number of benzene rings is 1. The number of hydrogen-bond acceptors (Lipinski definition) is 4. The first-order valence-electron chi connectivity index (χ1n) is 7.20. The Morgan fingerprint density at radius 3 is 3.00 bits per heavy atom. The molecule has 0 aromatic heterocycles. The van der Waals surface area contributed by atoms with Crippen LogP contribution in [0.3, 0.4) is 0 Å². The largest absolute Gasteiger partial charge is 0.493 e. The first kappa shape index (κ1) is 14.6. The van der Waals surface area contributed by atoms with Gasteiger partial charge < -0.3 is 19.5 Å². The molecule has 3 rings (SSSR count). The van der Waals surface area contributed by atoms with Gasteiger partial charge in [0.2, 0.25) is 5.91 Å². The molecule has 2 heterocycles. The van der Waals surface area contributed by atoms with Crippen LogP contribution in [-0.4, -0.2) is 54.3 Å². The highest BCUT2D eigenvalue weighted by molar-refractivity contribution is 5.94. The molecule has 0 bridgehead atoms. The van der Waals surface area contributed by atoms with E-state index in [0.717, 1.165) is 23.3 Å². The van der Waals surface area contributed by atoms with E-state index in [1.54, 1.807) is 6.08 Å². The third-order valence-electron chi connectivity index (χ3n) is 3.83. The smallest absolute Gasteiger partial charge is 0.328 e. The van der Waals surface area contributed by atoms with Crippen LogP contribution in [0, 0.1) is 0 Å². The number of carbonyl (C=O) groups excluding carboxylic acids is 1. The van der Waals surface area contributed by atoms with Crippen molar-refractivity contribution in [1.82, 2.24) is 4.90 Å². The molecule has 1 aromatic rings. The van der Waals surface area contributed by atoms with Crippen LogP contribution in [0.4, 0.5) is 0 Å². The molecule has 1 N–H and O–H groups in total. The minimum Gasteiger partial charge on any atom is -0.493 e. The number of hydrogen-bond donors (Lipinski definition) is 1. The van der Waals surface area contributed by atoms with Gasteiger partial charge >= 0.3 is 5.97 Å². The molecule has 6 heteroatoms. The third-order valence-corrected chi connectivity index (χ3v) is 3.83. The molecule has 6 nitrogen and oxygen atoms in total. The van der Waals surface area contributed by atoms with Crippen LogP contribution < -0.4 is 4.74 Å². The Bertz CT molecular complexity index is 625. The zero-order valence-corrected chi connectivity index (χ0v) is 12.0. The van der Waals surface area contributed by atoms with E-state index in [-0.39, 0.29) is 19.1 Å². The lowest BCUT2D eigenvalue weighted by Crippen LogP contribution is -2.52. The van der Waals surface area contributed by atoms with Crippen molar-refractivity contribution < 1.29 is 24.2 Å². The maximum Gasteiger partial charge on any atom is 0.328 e. The Balaban J connectivity index is 1.71. The summed E-state index contributed by atoms with van der Waals surface area (Å²) in [5.74, 6) is -0.467. The Kier molecular flexibility index (Phi) is 4.11. The molecule has 0 radical (unpaired) electrons. The molecule has 0 spiro atoms. The summed E-state index contributed by atoms with van der Waals surface area (Å²) >= 11 is 0. The van der Waals surface area contributed by atoms with E-state index < -0.39 is 12.0 Å². The van der Waals surface area contributed by atoms with Crippen molar-refractivity contribution in [2.75, 3.05) is 26.4 Å². The molecule has 0 aliphatic carbocycles. The van der Waals surface area contributed by atoms with Gasteiger partial charge in [-0.2, -0.15) is 0 Å². The van der Waals surface area contributed by atoms with Crippen LogP contribution in [0.5, 0.6) is 5.75 Å². The average Bonchev–Trinajstić information content (AvgIpc) is 3.00. The number of carbonyl (C=O) groups is 2. The molecule has 1 aromatic carbocycles. The number of amides is 1. The first-order valence-corrected chi connectivity index (χ1v) is 7.20. The van der Waals surface area contributed by atoms with Gasteiger partial charge in [-0.15, -0.1) is 0 Å². The quantitative estimate of drug-likeness (QED) is 0.841. The molecule has 116 valence electrons. The van der Waals surface area contributed by atoms with Crippen molar-refractivity contribution in [2.24, 2.45) is 0 Å². The number of carboxylic acids is 1. The SMILES string of the molecule is O=C(O)C1COCCN1C(=O)/C=C/c1ccc2c(c1)CCO2. The van der Waals surface area contributed by atoms with Gasteiger partial charge in [-0.25, -0.2) is 4.79 Å². The van der Waals surface area contributed by atoms with E-state index in [2.05, 4.69) is 0 Å². The maximum absolute atomic E-state index is 12.2. The Morgan fingerprint density at radius 2 is 2.18 bits per heavy atom. The Hall–Kier alpha value is -2.34. The van der Waals surface area contributed by atoms with Crippen LogP contribution in [-0.2, 0) is 20.7 Å². The van der Waals surface area contributed by atoms with Gasteiger partial charge in [0.05, 0.1) is 19.8 Å². The minimum atomic E-state index is -1.05. The predicted octanol–water partition coefficient (Wildman–Crippen LogP) is 0.947. The van der Waals surface area contributed by atoms with E-state index in [1.807, 2.05) is 18.2 Å². The number of aliphatic carboxylic acids is 1. The summed E-state index contributed by atoms with van der Waals surface area (Å²) in [4.78, 5) is 24.7. The van der Waals surface area contributed by atoms with E-state index in [0.29, 0.717) is 13.2 Å². The second-order valence-corrected chi connectivity index (χ2v) is 5.26. The van der Waals surface area contributed by atoms with Gasteiger partial charge in [0.25, 0.3) is 0 Å². The number of morpholine rings is 1. The number of nitrogens with zero attached hydrogens (tertiary/aromatic N) is 1. The van der Waals surface area contributed by atoms with Crippen molar-refractivity contribution in [2.45, 2.75) is 12.5 Å². The van der Waals surface area contributed by atoms with Crippen LogP contribution >= 0.6 is 0 Å². The summed E-state index contributed by atoms with van der Waals surface area (Å²) < 4.78 is 10.6. The molecule has 2 aliphatic rings. The zero-order valence-electron chi connectivity index (χ0n) is 12.0. The lowest BCUT2D eigenvalue weighted by atomic mass is 10.1. The maximum atomic E-state index is 12.2. The van der Waals surface area contributed by atoms with Crippen LogP contribution in [0.25, 0.3) is 6.08 Å². The van der Waals surface area contributed by atoms with E-state index in [1.165, 1.54) is 11.0 Å². The van der Waals surface area contributed by atoms with Gasteiger partial charge in [-0.1, -0.05) is 6.07 Å². The second-order valence-electron chi connectivity index (χ2n) is 5.26. The summed E-state index contributed by atoms with van der Waals surface area (Å²) in [5, 5.41) is 9.14. The topological polar surface area (TPSA) is 76.1 Å². The molecule has 1 fully saturated rings. The lowest BCUT2D eigenvalue weighted by Gasteiger charge is -2.31. The zero-order chi connectivity index (χ0) is 15.5. The summed E-state index contributed by atoms with van der Waals surface area (Å²) in [5.41, 5.74) is 2.03. The number of carboxylic acid groups (broad SMARTS) is 1. The molecule has 1 atom stereocenters. The highest BCUT2D eigenvalue weighted by Gasteiger charge is 2.31. The van der Waals surface area contributed by atoms with E-state index >= 15 is 0 Å². The van der Waals surface area contributed by atoms with Gasteiger partial charge in [0.15, 0.2) is 6.04 Å².